The van der Waals surface area contributed by atoms with Gasteiger partial charge in [-0.2, -0.15) is 17.0 Å². The summed E-state index contributed by atoms with van der Waals surface area (Å²) in [6.45, 7) is 3.03. The van der Waals surface area contributed by atoms with E-state index in [-0.39, 0.29) is 0 Å². The molecule has 3 nitrogen and oxygen atoms in total. The van der Waals surface area contributed by atoms with E-state index in [1.54, 1.807) is 0 Å². The van der Waals surface area contributed by atoms with Crippen molar-refractivity contribution in [1.82, 2.24) is 4.98 Å². The summed E-state index contributed by atoms with van der Waals surface area (Å²) in [4.78, 5) is 4.54. The summed E-state index contributed by atoms with van der Waals surface area (Å²) in [6, 6.07) is 12.0. The second-order valence-electron chi connectivity index (χ2n) is 4.63. The molecule has 0 aliphatic carbocycles. The number of fused-ring (bicyclic) bond motifs is 1. The van der Waals surface area contributed by atoms with Crippen molar-refractivity contribution in [1.29, 1.82) is 5.26 Å². The van der Waals surface area contributed by atoms with Crippen molar-refractivity contribution in [2.75, 3.05) is 23.9 Å². The molecule has 98 valence electrons. The monoisotopic (exact) mass is 271 g/mol. The highest BCUT2D eigenvalue weighted by Gasteiger charge is 2.08. The van der Waals surface area contributed by atoms with Crippen molar-refractivity contribution in [2.45, 2.75) is 6.92 Å². The maximum atomic E-state index is 9.21. The summed E-state index contributed by atoms with van der Waals surface area (Å²) in [7, 11) is 0. The Morgan fingerprint density at radius 3 is 2.95 bits per heavy atom. The molecule has 0 amide bonds. The highest BCUT2D eigenvalue weighted by molar-refractivity contribution is 7.98. The molecule has 0 spiro atoms. The number of hydrogen-bond donors (Lipinski definition) is 1. The number of hydrogen-bond acceptors (Lipinski definition) is 4. The zero-order valence-corrected chi connectivity index (χ0v) is 12.0. The van der Waals surface area contributed by atoms with E-state index in [1.807, 2.05) is 42.1 Å². The fourth-order valence-electron chi connectivity index (χ4n) is 1.95. The van der Waals surface area contributed by atoms with Crippen LogP contribution in [-0.4, -0.2) is 23.5 Å². The fraction of sp³-hybridized carbons (Fsp3) is 0.333. The minimum Gasteiger partial charge on any atom is -0.369 e. The van der Waals surface area contributed by atoms with Gasteiger partial charge in [0.2, 0.25) is 0 Å². The number of nitrogens with one attached hydrogen (secondary N) is 1. The second-order valence-corrected chi connectivity index (χ2v) is 5.54. The van der Waals surface area contributed by atoms with Gasteiger partial charge >= 0.3 is 0 Å². The lowest BCUT2D eigenvalue weighted by Gasteiger charge is -2.13. The standard InChI is InChI=1S/C15H17N3S/c1-11(10-19-2)9-17-15-13(8-16)7-12-5-3-4-6-14(12)18-15/h3-7,11H,9-10H2,1-2H3,(H,17,18). The molecule has 2 aromatic rings. The molecule has 0 radical (unpaired) electrons. The molecule has 0 aliphatic rings. The summed E-state index contributed by atoms with van der Waals surface area (Å²) in [5.41, 5.74) is 1.52. The molecule has 1 unspecified atom stereocenters. The van der Waals surface area contributed by atoms with Crippen LogP contribution >= 0.6 is 11.8 Å². The van der Waals surface area contributed by atoms with Gasteiger partial charge in [0.15, 0.2) is 0 Å². The molecule has 4 heteroatoms. The van der Waals surface area contributed by atoms with Crippen molar-refractivity contribution in [3.8, 4) is 6.07 Å². The molecule has 0 fully saturated rings. The number of anilines is 1. The van der Waals surface area contributed by atoms with Gasteiger partial charge in [-0.25, -0.2) is 4.98 Å². The zero-order valence-electron chi connectivity index (χ0n) is 11.2. The summed E-state index contributed by atoms with van der Waals surface area (Å²) < 4.78 is 0. The topological polar surface area (TPSA) is 48.7 Å². The minimum atomic E-state index is 0.551. The molecule has 19 heavy (non-hydrogen) atoms. The van der Waals surface area contributed by atoms with Crippen LogP contribution in [0.15, 0.2) is 30.3 Å². The van der Waals surface area contributed by atoms with E-state index in [4.69, 9.17) is 0 Å². The molecule has 1 heterocycles. The molecule has 0 aliphatic heterocycles. The first-order valence-electron chi connectivity index (χ1n) is 6.27. The van der Waals surface area contributed by atoms with Crippen LogP contribution in [0, 0.1) is 17.2 Å². The number of pyridine rings is 1. The number of benzene rings is 1. The van der Waals surface area contributed by atoms with Gasteiger partial charge in [-0.15, -0.1) is 0 Å². The Morgan fingerprint density at radius 2 is 2.21 bits per heavy atom. The van der Waals surface area contributed by atoms with Crippen molar-refractivity contribution in [3.63, 3.8) is 0 Å². The number of rotatable bonds is 5. The lowest BCUT2D eigenvalue weighted by Crippen LogP contribution is -2.14. The van der Waals surface area contributed by atoms with Crippen molar-refractivity contribution >= 4 is 28.5 Å². The predicted molar refractivity (Wildman–Crippen MR) is 82.5 cm³/mol. The van der Waals surface area contributed by atoms with Crippen molar-refractivity contribution in [3.05, 3.63) is 35.9 Å². The van der Waals surface area contributed by atoms with Crippen LogP contribution in [-0.2, 0) is 0 Å². The van der Waals surface area contributed by atoms with Gasteiger partial charge in [0.1, 0.15) is 11.9 Å². The van der Waals surface area contributed by atoms with Gasteiger partial charge in [-0.3, -0.25) is 0 Å². The van der Waals surface area contributed by atoms with Gasteiger partial charge in [0, 0.05) is 11.9 Å². The van der Waals surface area contributed by atoms with Crippen LogP contribution in [0.1, 0.15) is 12.5 Å². The first-order chi connectivity index (χ1) is 9.24. The molecule has 2 rings (SSSR count). The number of nitriles is 1. The maximum Gasteiger partial charge on any atom is 0.144 e. The number of thioether (sulfide) groups is 1. The lowest BCUT2D eigenvalue weighted by molar-refractivity contribution is 0.700. The molecule has 1 atom stereocenters. The molecule has 0 saturated heterocycles. The Hall–Kier alpha value is -1.73. The third kappa shape index (κ3) is 3.39. The van der Waals surface area contributed by atoms with Crippen LogP contribution in [0.3, 0.4) is 0 Å². The lowest BCUT2D eigenvalue weighted by atomic mass is 10.1. The van der Waals surface area contributed by atoms with Gasteiger partial charge in [0.05, 0.1) is 11.1 Å². The van der Waals surface area contributed by atoms with Crippen LogP contribution in [0.2, 0.25) is 0 Å². The van der Waals surface area contributed by atoms with E-state index in [0.29, 0.717) is 17.3 Å². The van der Waals surface area contributed by atoms with E-state index in [0.717, 1.165) is 23.2 Å². The largest absolute Gasteiger partial charge is 0.369 e. The molecular formula is C15H17N3S. The van der Waals surface area contributed by atoms with E-state index < -0.39 is 0 Å². The highest BCUT2D eigenvalue weighted by Crippen LogP contribution is 2.20. The average Bonchev–Trinajstić information content (AvgIpc) is 2.44. The molecule has 1 aromatic heterocycles. The Labute approximate surface area is 118 Å². The Bertz CT molecular complexity index is 604. The molecular weight excluding hydrogens is 254 g/mol. The first kappa shape index (κ1) is 13.7. The van der Waals surface area contributed by atoms with E-state index in [2.05, 4.69) is 29.5 Å². The molecule has 1 aromatic carbocycles. The van der Waals surface area contributed by atoms with Gasteiger partial charge in [-0.05, 0) is 30.1 Å². The van der Waals surface area contributed by atoms with Crippen molar-refractivity contribution in [2.24, 2.45) is 5.92 Å². The smallest absolute Gasteiger partial charge is 0.144 e. The van der Waals surface area contributed by atoms with Crippen LogP contribution in [0.4, 0.5) is 5.82 Å². The Morgan fingerprint density at radius 1 is 1.42 bits per heavy atom. The molecule has 0 saturated carbocycles. The summed E-state index contributed by atoms with van der Waals surface area (Å²) in [6.07, 6.45) is 2.10. The highest BCUT2D eigenvalue weighted by atomic mass is 32.2. The molecule has 0 bridgehead atoms. The number of aromatic nitrogens is 1. The first-order valence-corrected chi connectivity index (χ1v) is 7.66. The van der Waals surface area contributed by atoms with Crippen LogP contribution in [0.5, 0.6) is 0 Å². The third-order valence-electron chi connectivity index (χ3n) is 2.91. The second kappa shape index (κ2) is 6.44. The predicted octanol–water partition coefficient (Wildman–Crippen LogP) is 3.52. The van der Waals surface area contributed by atoms with Gasteiger partial charge in [-0.1, -0.05) is 25.1 Å². The third-order valence-corrected chi connectivity index (χ3v) is 3.82. The number of nitrogens with zero attached hydrogens (tertiary/aromatic N) is 2. The van der Waals surface area contributed by atoms with Gasteiger partial charge < -0.3 is 5.32 Å². The Kier molecular flexibility index (Phi) is 4.64. The SMILES string of the molecule is CSCC(C)CNc1nc2ccccc2cc1C#N. The summed E-state index contributed by atoms with van der Waals surface area (Å²) >= 11 is 1.83. The normalized spacial score (nSPS) is 12.1. The fourth-order valence-corrected chi connectivity index (χ4v) is 2.64. The quantitative estimate of drug-likeness (QED) is 0.904. The maximum absolute atomic E-state index is 9.21. The van der Waals surface area contributed by atoms with Crippen LogP contribution in [0.25, 0.3) is 10.9 Å². The minimum absolute atomic E-state index is 0.551. The van der Waals surface area contributed by atoms with E-state index in [9.17, 15) is 5.26 Å². The Balaban J connectivity index is 2.24. The van der Waals surface area contributed by atoms with E-state index >= 15 is 0 Å². The van der Waals surface area contributed by atoms with Crippen molar-refractivity contribution < 1.29 is 0 Å². The van der Waals surface area contributed by atoms with E-state index in [1.165, 1.54) is 0 Å². The van der Waals surface area contributed by atoms with Crippen LogP contribution < -0.4 is 5.32 Å². The summed E-state index contributed by atoms with van der Waals surface area (Å²) in [5.74, 6) is 2.34. The summed E-state index contributed by atoms with van der Waals surface area (Å²) in [5, 5.41) is 13.5. The van der Waals surface area contributed by atoms with Gasteiger partial charge in [0.25, 0.3) is 0 Å². The number of para-hydroxylation sites is 1. The molecule has 1 N–H and O–H groups in total. The average molecular weight is 271 g/mol. The zero-order chi connectivity index (χ0) is 13.7.